The van der Waals surface area contributed by atoms with Crippen molar-refractivity contribution in [2.45, 2.75) is 49.8 Å². The Hall–Kier alpha value is -3.92. The fraction of sp³-hybridized carbons (Fsp3) is 0.391. The number of ether oxygens (including phenoxy) is 4. The van der Waals surface area contributed by atoms with Gasteiger partial charge in [0.15, 0.2) is 11.9 Å². The molecular formula is C23H24F2N4O9. The third kappa shape index (κ3) is 5.80. The Labute approximate surface area is 212 Å². The first-order chi connectivity index (χ1) is 18.1. The number of aromatic amines is 1. The summed E-state index contributed by atoms with van der Waals surface area (Å²) in [4.78, 5) is 50.6. The Balaban J connectivity index is 1.49. The number of nitrogens with zero attached hydrogens (tertiary/aromatic N) is 1. The number of aliphatic hydroxyl groups is 1. The van der Waals surface area contributed by atoms with Crippen LogP contribution in [-0.2, 0) is 28.5 Å². The van der Waals surface area contributed by atoms with E-state index in [2.05, 4.69) is 10.3 Å². The predicted octanol–water partition coefficient (Wildman–Crippen LogP) is -0.382. The minimum atomic E-state index is -1.58. The Kier molecular flexibility index (Phi) is 8.01. The number of halogens is 2. The highest BCUT2D eigenvalue weighted by Crippen LogP contribution is 2.33. The van der Waals surface area contributed by atoms with Gasteiger partial charge in [0, 0.05) is 38.3 Å². The predicted molar refractivity (Wildman–Crippen MR) is 123 cm³/mol. The van der Waals surface area contributed by atoms with Crippen molar-refractivity contribution in [3.05, 3.63) is 74.8 Å². The minimum Gasteiger partial charge on any atom is -0.457 e. The summed E-state index contributed by atoms with van der Waals surface area (Å²) in [7, 11) is 1.34. The van der Waals surface area contributed by atoms with Gasteiger partial charge in [-0.05, 0) is 18.2 Å². The monoisotopic (exact) mass is 538 g/mol. The standard InChI is InChI=1S/C23H24F2N4O9/c1-35-15-9-17(29-7-6-16(31)28-23(29)34)37-18(15)19(20(26)32)38-22-13(30)4-5-14(36-22)21(33)27-12-3-2-10(24)8-11(12)25/h2-3,5-8,13,15,17-19,22,30H,4,9H2,1H3,(H2,26,32)(H,27,33)(H,28,31,34)/t13-,15-,17+,18-,19+,22+/m0/s1. The molecule has 4 rings (SSSR count). The molecule has 0 unspecified atom stereocenters. The molecule has 2 aliphatic rings. The maximum absolute atomic E-state index is 13.9. The molecule has 0 bridgehead atoms. The van der Waals surface area contributed by atoms with Gasteiger partial charge in [0.1, 0.15) is 30.1 Å². The van der Waals surface area contributed by atoms with E-state index in [1.165, 1.54) is 19.4 Å². The number of H-pyrrole nitrogens is 1. The first-order valence-electron chi connectivity index (χ1n) is 11.3. The normalized spacial score (nSPS) is 25.8. The number of anilines is 1. The Bertz CT molecular complexity index is 1360. The summed E-state index contributed by atoms with van der Waals surface area (Å²) in [5, 5.41) is 12.6. The summed E-state index contributed by atoms with van der Waals surface area (Å²) < 4.78 is 50.5. The van der Waals surface area contributed by atoms with Gasteiger partial charge in [-0.1, -0.05) is 0 Å². The van der Waals surface area contributed by atoms with E-state index in [0.717, 1.165) is 22.8 Å². The molecule has 1 saturated heterocycles. The smallest absolute Gasteiger partial charge is 0.330 e. The number of nitrogens with one attached hydrogen (secondary N) is 2. The summed E-state index contributed by atoms with van der Waals surface area (Å²) in [5.74, 6) is -4.15. The lowest BCUT2D eigenvalue weighted by Crippen LogP contribution is -2.50. The molecule has 204 valence electrons. The van der Waals surface area contributed by atoms with E-state index in [9.17, 15) is 33.1 Å². The van der Waals surface area contributed by atoms with Crippen LogP contribution in [-0.4, -0.2) is 64.3 Å². The number of benzene rings is 1. The lowest BCUT2D eigenvalue weighted by molar-refractivity contribution is -0.228. The van der Waals surface area contributed by atoms with Crippen molar-refractivity contribution in [2.24, 2.45) is 5.73 Å². The van der Waals surface area contributed by atoms with Crippen LogP contribution in [0.2, 0.25) is 0 Å². The molecule has 0 aliphatic carbocycles. The number of hydrogen-bond donors (Lipinski definition) is 4. The Morgan fingerprint density at radius 2 is 2.05 bits per heavy atom. The van der Waals surface area contributed by atoms with Gasteiger partial charge in [0.05, 0.1) is 11.8 Å². The van der Waals surface area contributed by atoms with Gasteiger partial charge in [-0.3, -0.25) is 23.9 Å². The molecule has 5 N–H and O–H groups in total. The molecule has 1 fully saturated rings. The van der Waals surface area contributed by atoms with Crippen molar-refractivity contribution >= 4 is 17.5 Å². The summed E-state index contributed by atoms with van der Waals surface area (Å²) in [6.07, 6.45) is -5.04. The zero-order valence-corrected chi connectivity index (χ0v) is 19.8. The molecule has 0 saturated carbocycles. The van der Waals surface area contributed by atoms with Crippen LogP contribution in [0.4, 0.5) is 14.5 Å². The third-order valence-electron chi connectivity index (χ3n) is 5.94. The van der Waals surface area contributed by atoms with E-state index in [1.807, 2.05) is 0 Å². The van der Waals surface area contributed by atoms with Gasteiger partial charge >= 0.3 is 5.69 Å². The van der Waals surface area contributed by atoms with E-state index in [-0.39, 0.29) is 24.3 Å². The fourth-order valence-electron chi connectivity index (χ4n) is 4.07. The van der Waals surface area contributed by atoms with E-state index >= 15 is 0 Å². The number of methoxy groups -OCH3 is 1. The second-order valence-electron chi connectivity index (χ2n) is 8.48. The van der Waals surface area contributed by atoms with Crippen LogP contribution in [0.3, 0.4) is 0 Å². The number of carbonyl (C=O) groups excluding carboxylic acids is 2. The average molecular weight is 538 g/mol. The van der Waals surface area contributed by atoms with Crippen molar-refractivity contribution in [2.75, 3.05) is 12.4 Å². The molecule has 2 aliphatic heterocycles. The topological polar surface area (TPSA) is 184 Å². The Morgan fingerprint density at radius 1 is 1.29 bits per heavy atom. The molecule has 15 heteroatoms. The molecule has 1 aromatic heterocycles. The van der Waals surface area contributed by atoms with Crippen molar-refractivity contribution in [3.8, 4) is 0 Å². The number of carbonyl (C=O) groups is 2. The van der Waals surface area contributed by atoms with Gasteiger partial charge in [-0.15, -0.1) is 0 Å². The molecule has 2 aromatic rings. The molecule has 1 aromatic carbocycles. The highest BCUT2D eigenvalue weighted by Gasteiger charge is 2.46. The van der Waals surface area contributed by atoms with E-state index in [1.54, 1.807) is 0 Å². The van der Waals surface area contributed by atoms with Crippen molar-refractivity contribution in [1.29, 1.82) is 0 Å². The van der Waals surface area contributed by atoms with E-state index in [4.69, 9.17) is 24.7 Å². The number of aliphatic hydroxyl groups excluding tert-OH is 1. The number of amides is 2. The Morgan fingerprint density at radius 3 is 2.71 bits per heavy atom. The summed E-state index contributed by atoms with van der Waals surface area (Å²) in [6.45, 7) is 0. The van der Waals surface area contributed by atoms with Crippen molar-refractivity contribution in [1.82, 2.24) is 9.55 Å². The quantitative estimate of drug-likeness (QED) is 0.348. The van der Waals surface area contributed by atoms with Crippen LogP contribution in [0.5, 0.6) is 0 Å². The highest BCUT2D eigenvalue weighted by atomic mass is 19.1. The molecule has 3 heterocycles. The first-order valence-corrected chi connectivity index (χ1v) is 11.3. The SMILES string of the molecule is CO[C@H]1C[C@H](n2ccc(=O)[nH]c2=O)O[C@@H]1[C@@H](O[C@H]1OC(C(=O)Nc2ccc(F)cc2F)=CC[C@@H]1O)C(N)=O. The third-order valence-corrected chi connectivity index (χ3v) is 5.94. The molecule has 0 radical (unpaired) electrons. The second kappa shape index (κ2) is 11.2. The fourth-order valence-corrected chi connectivity index (χ4v) is 4.07. The summed E-state index contributed by atoms with van der Waals surface area (Å²) >= 11 is 0. The lowest BCUT2D eigenvalue weighted by atomic mass is 10.1. The minimum absolute atomic E-state index is 0.0745. The zero-order valence-electron chi connectivity index (χ0n) is 19.8. The van der Waals surface area contributed by atoms with Crippen LogP contribution in [0, 0.1) is 11.6 Å². The molecular weight excluding hydrogens is 514 g/mol. The summed E-state index contributed by atoms with van der Waals surface area (Å²) in [6, 6.07) is 3.67. The van der Waals surface area contributed by atoms with Gasteiger partial charge in [-0.2, -0.15) is 0 Å². The van der Waals surface area contributed by atoms with Crippen molar-refractivity contribution in [3.63, 3.8) is 0 Å². The number of primary amides is 1. The molecule has 2 amide bonds. The maximum atomic E-state index is 13.9. The number of rotatable bonds is 8. The molecule has 6 atom stereocenters. The van der Waals surface area contributed by atoms with Crippen LogP contribution in [0.15, 0.2) is 51.9 Å². The summed E-state index contributed by atoms with van der Waals surface area (Å²) in [5.41, 5.74) is 3.86. The maximum Gasteiger partial charge on any atom is 0.330 e. The highest BCUT2D eigenvalue weighted by molar-refractivity contribution is 6.02. The second-order valence-corrected chi connectivity index (χ2v) is 8.48. The van der Waals surface area contributed by atoms with Gasteiger partial charge in [0.2, 0.25) is 12.2 Å². The first kappa shape index (κ1) is 27.1. The number of hydrogen-bond acceptors (Lipinski definition) is 9. The van der Waals surface area contributed by atoms with Crippen LogP contribution >= 0.6 is 0 Å². The lowest BCUT2D eigenvalue weighted by Gasteiger charge is -2.33. The molecule has 38 heavy (non-hydrogen) atoms. The van der Waals surface area contributed by atoms with Gasteiger partial charge in [0.25, 0.3) is 11.5 Å². The number of aromatic nitrogens is 2. The number of nitrogens with two attached hydrogens (primary N) is 1. The largest absolute Gasteiger partial charge is 0.457 e. The van der Waals surface area contributed by atoms with E-state index < -0.39 is 71.6 Å². The van der Waals surface area contributed by atoms with Crippen molar-refractivity contribution < 1.29 is 42.4 Å². The van der Waals surface area contributed by atoms with Gasteiger partial charge in [-0.25, -0.2) is 13.6 Å². The van der Waals surface area contributed by atoms with Crippen LogP contribution in [0.25, 0.3) is 0 Å². The van der Waals surface area contributed by atoms with E-state index in [0.29, 0.717) is 6.07 Å². The molecule has 13 nitrogen and oxygen atoms in total. The van der Waals surface area contributed by atoms with Crippen LogP contribution in [0.1, 0.15) is 19.1 Å². The average Bonchev–Trinajstić information content (AvgIpc) is 3.28. The van der Waals surface area contributed by atoms with Crippen LogP contribution < -0.4 is 22.3 Å². The van der Waals surface area contributed by atoms with Gasteiger partial charge < -0.3 is 35.1 Å². The molecule has 0 spiro atoms. The zero-order chi connectivity index (χ0) is 27.6.